The van der Waals surface area contributed by atoms with Crippen LogP contribution >= 0.6 is 7.60 Å². The number of benzene rings is 1. The zero-order valence-corrected chi connectivity index (χ0v) is 8.83. The maximum atomic E-state index is 10.5. The molecule has 0 aliphatic carbocycles. The van der Waals surface area contributed by atoms with Gasteiger partial charge in [-0.1, -0.05) is 18.2 Å². The van der Waals surface area contributed by atoms with Crippen LogP contribution in [0.5, 0.6) is 0 Å². The largest absolute Gasteiger partial charge is 0.356 e. The molecule has 0 aliphatic heterocycles. The van der Waals surface area contributed by atoms with Gasteiger partial charge in [0.2, 0.25) is 0 Å². The molecule has 3 nitrogen and oxygen atoms in total. The van der Waals surface area contributed by atoms with Crippen molar-refractivity contribution in [1.82, 2.24) is 0 Å². The van der Waals surface area contributed by atoms with Crippen LogP contribution in [0.15, 0.2) is 30.3 Å². The predicted octanol–water partition coefficient (Wildman–Crippen LogP) is 0.490. The monoisotopic (exact) mass is 311 g/mol. The summed E-state index contributed by atoms with van der Waals surface area (Å²) in [5.41, 5.74) is 0. The van der Waals surface area contributed by atoms with E-state index in [0.29, 0.717) is 0 Å². The van der Waals surface area contributed by atoms with Crippen molar-refractivity contribution < 1.29 is 63.7 Å². The average molecular weight is 310 g/mol. The number of hydrogen-bond donors (Lipinski definition) is 2. The van der Waals surface area contributed by atoms with Crippen LogP contribution in [0.1, 0.15) is 0 Å². The van der Waals surface area contributed by atoms with Gasteiger partial charge in [0.1, 0.15) is 0 Å². The van der Waals surface area contributed by atoms with E-state index in [0.717, 1.165) is 0 Å². The summed E-state index contributed by atoms with van der Waals surface area (Å²) < 4.78 is 10.5. The SMILES string of the molecule is O=P(O)(O)c1ccccc1.[Eu]. The van der Waals surface area contributed by atoms with Crippen LogP contribution in [-0.2, 0) is 4.57 Å². The van der Waals surface area contributed by atoms with Gasteiger partial charge < -0.3 is 9.79 Å². The Morgan fingerprint density at radius 1 is 1.09 bits per heavy atom. The Balaban J connectivity index is 0.000001000. The van der Waals surface area contributed by atoms with Crippen molar-refractivity contribution in [2.24, 2.45) is 0 Å². The third kappa shape index (κ3) is 3.93. The van der Waals surface area contributed by atoms with E-state index in [4.69, 9.17) is 9.79 Å². The van der Waals surface area contributed by atoms with E-state index < -0.39 is 7.60 Å². The van der Waals surface area contributed by atoms with E-state index in [-0.39, 0.29) is 54.7 Å². The Labute approximate surface area is 106 Å². The molecule has 0 aliphatic rings. The first-order valence-electron chi connectivity index (χ1n) is 2.72. The summed E-state index contributed by atoms with van der Waals surface area (Å²) in [6.45, 7) is 0. The molecular formula is C6H7EuO3P. The van der Waals surface area contributed by atoms with Crippen LogP contribution in [0.3, 0.4) is 0 Å². The Kier molecular flexibility index (Phi) is 5.27. The molecule has 0 aromatic heterocycles. The average Bonchev–Trinajstić information content (AvgIpc) is 1.88. The molecule has 0 bridgehead atoms. The molecule has 61 valence electrons. The van der Waals surface area contributed by atoms with Gasteiger partial charge in [-0.2, -0.15) is 0 Å². The van der Waals surface area contributed by atoms with Crippen molar-refractivity contribution in [3.63, 3.8) is 0 Å². The maximum absolute atomic E-state index is 10.5. The summed E-state index contributed by atoms with van der Waals surface area (Å²) in [4.78, 5) is 17.2. The third-order valence-electron chi connectivity index (χ3n) is 1.09. The molecule has 0 amide bonds. The normalized spacial score (nSPS) is 10.4. The van der Waals surface area contributed by atoms with Gasteiger partial charge in [-0.15, -0.1) is 0 Å². The molecule has 1 rings (SSSR count). The molecule has 11 heavy (non-hydrogen) atoms. The Hall–Kier alpha value is 0.954. The van der Waals surface area contributed by atoms with Gasteiger partial charge in [0, 0.05) is 49.4 Å². The van der Waals surface area contributed by atoms with E-state index in [2.05, 4.69) is 0 Å². The van der Waals surface area contributed by atoms with E-state index >= 15 is 0 Å². The zero-order chi connectivity index (χ0) is 7.61. The molecule has 0 atom stereocenters. The van der Waals surface area contributed by atoms with Crippen molar-refractivity contribution in [2.75, 3.05) is 0 Å². The molecule has 0 fully saturated rings. The van der Waals surface area contributed by atoms with Crippen molar-refractivity contribution >= 4 is 12.9 Å². The van der Waals surface area contributed by atoms with Crippen LogP contribution in [0.2, 0.25) is 0 Å². The van der Waals surface area contributed by atoms with Crippen LogP contribution in [0.4, 0.5) is 0 Å². The van der Waals surface area contributed by atoms with E-state index in [9.17, 15) is 4.57 Å². The molecule has 1 aromatic carbocycles. The first kappa shape index (κ1) is 12.0. The zero-order valence-electron chi connectivity index (χ0n) is 5.51. The summed E-state index contributed by atoms with van der Waals surface area (Å²) in [6.07, 6.45) is 0. The van der Waals surface area contributed by atoms with Crippen molar-refractivity contribution in [1.29, 1.82) is 0 Å². The van der Waals surface area contributed by atoms with Crippen LogP contribution < -0.4 is 5.30 Å². The van der Waals surface area contributed by atoms with Crippen LogP contribution in [0, 0.1) is 49.4 Å². The first-order chi connectivity index (χ1) is 4.61. The van der Waals surface area contributed by atoms with E-state index in [1.807, 2.05) is 0 Å². The second-order valence-electron chi connectivity index (χ2n) is 1.88. The summed E-state index contributed by atoms with van der Waals surface area (Å²) in [5.74, 6) is 0. The van der Waals surface area contributed by atoms with Crippen molar-refractivity contribution in [3.05, 3.63) is 30.3 Å². The van der Waals surface area contributed by atoms with Gasteiger partial charge >= 0.3 is 7.60 Å². The Bertz CT molecular complexity index is 256. The maximum Gasteiger partial charge on any atom is 0.356 e. The molecule has 1 aromatic rings. The molecule has 2 N–H and O–H groups in total. The summed E-state index contributed by atoms with van der Waals surface area (Å²) in [7, 11) is -4.02. The Morgan fingerprint density at radius 2 is 1.55 bits per heavy atom. The molecule has 0 saturated carbocycles. The van der Waals surface area contributed by atoms with Gasteiger partial charge in [0.25, 0.3) is 0 Å². The summed E-state index contributed by atoms with van der Waals surface area (Å²) in [5, 5.41) is 0.0648. The Morgan fingerprint density at radius 3 is 1.82 bits per heavy atom. The molecule has 1 radical (unpaired) electrons. The smallest absolute Gasteiger partial charge is 0.321 e. The van der Waals surface area contributed by atoms with Gasteiger partial charge in [0.05, 0.1) is 5.30 Å². The predicted molar refractivity (Wildman–Crippen MR) is 38.1 cm³/mol. The van der Waals surface area contributed by atoms with Crippen molar-refractivity contribution in [3.8, 4) is 0 Å². The second-order valence-corrected chi connectivity index (χ2v) is 3.48. The summed E-state index contributed by atoms with van der Waals surface area (Å²) >= 11 is 0. The molecule has 0 spiro atoms. The number of rotatable bonds is 1. The molecule has 0 heterocycles. The van der Waals surface area contributed by atoms with Crippen LogP contribution in [-0.4, -0.2) is 9.79 Å². The fourth-order valence-corrected chi connectivity index (χ4v) is 1.18. The topological polar surface area (TPSA) is 57.5 Å². The first-order valence-corrected chi connectivity index (χ1v) is 4.33. The quantitative estimate of drug-likeness (QED) is 0.742. The fraction of sp³-hybridized carbons (Fsp3) is 0. The fourth-order valence-electron chi connectivity index (χ4n) is 0.622. The molecule has 0 saturated heterocycles. The molecular weight excluding hydrogens is 303 g/mol. The van der Waals surface area contributed by atoms with E-state index in [1.165, 1.54) is 12.1 Å². The summed E-state index contributed by atoms with van der Waals surface area (Å²) in [6, 6.07) is 7.70. The second kappa shape index (κ2) is 4.85. The molecule has 0 unspecified atom stereocenters. The third-order valence-corrected chi connectivity index (χ3v) is 2.06. The van der Waals surface area contributed by atoms with Gasteiger partial charge in [-0.3, -0.25) is 4.57 Å². The minimum absolute atomic E-state index is 0. The number of hydrogen-bond acceptors (Lipinski definition) is 1. The minimum atomic E-state index is -4.02. The minimum Gasteiger partial charge on any atom is -0.321 e. The van der Waals surface area contributed by atoms with Crippen molar-refractivity contribution in [2.45, 2.75) is 0 Å². The van der Waals surface area contributed by atoms with Gasteiger partial charge in [-0.25, -0.2) is 0 Å². The van der Waals surface area contributed by atoms with E-state index in [1.54, 1.807) is 18.2 Å². The van der Waals surface area contributed by atoms with Crippen LogP contribution in [0.25, 0.3) is 0 Å². The van der Waals surface area contributed by atoms with Gasteiger partial charge in [-0.05, 0) is 12.1 Å². The van der Waals surface area contributed by atoms with Gasteiger partial charge in [0.15, 0.2) is 0 Å². The molecule has 5 heteroatoms. The standard InChI is InChI=1S/C6H7O3P.Eu/c7-10(8,9)6-4-2-1-3-5-6;/h1-5H,(H2,7,8,9);.